The molecule has 8 heteroatoms. The number of piperazine rings is 1. The predicted octanol–water partition coefficient (Wildman–Crippen LogP) is 5.78. The molecule has 0 radical (unpaired) electrons. The third-order valence-corrected chi connectivity index (χ3v) is 8.64. The lowest BCUT2D eigenvalue weighted by Gasteiger charge is -2.34. The number of benzene rings is 3. The van der Waals surface area contributed by atoms with E-state index < -0.39 is 0 Å². The highest BCUT2D eigenvalue weighted by Crippen LogP contribution is 2.42. The van der Waals surface area contributed by atoms with Crippen LogP contribution in [0.5, 0.6) is 0 Å². The van der Waals surface area contributed by atoms with Gasteiger partial charge in [-0.1, -0.05) is 78.4 Å². The fraction of sp³-hybridized carbons (Fsp3) is 0.188. The molecule has 1 saturated heterocycles. The molecule has 1 aliphatic heterocycles. The van der Waals surface area contributed by atoms with Gasteiger partial charge in [-0.15, -0.1) is 21.5 Å². The van der Waals surface area contributed by atoms with E-state index in [1.807, 2.05) is 72.8 Å². The molecular weight excluding hydrogens is 516 g/mol. The largest absolute Gasteiger partial charge is 0.339 e. The zero-order chi connectivity index (χ0) is 27.2. The number of anilines is 1. The molecule has 40 heavy (non-hydrogen) atoms. The summed E-state index contributed by atoms with van der Waals surface area (Å²) in [4.78, 5) is 24.9. The van der Waals surface area contributed by atoms with Gasteiger partial charge in [0.25, 0.3) is 5.56 Å². The molecule has 0 spiro atoms. The van der Waals surface area contributed by atoms with E-state index in [4.69, 9.17) is 10.1 Å². The first kappa shape index (κ1) is 24.6. The molecule has 0 atom stereocenters. The lowest BCUT2D eigenvalue weighted by molar-refractivity contribution is 0.310. The van der Waals surface area contributed by atoms with E-state index in [0.717, 1.165) is 65.2 Å². The van der Waals surface area contributed by atoms with Crippen molar-refractivity contribution in [3.05, 3.63) is 101 Å². The zero-order valence-electron chi connectivity index (χ0n) is 22.4. The molecule has 1 fully saturated rings. The highest BCUT2D eigenvalue weighted by Gasteiger charge is 2.26. The van der Waals surface area contributed by atoms with Crippen molar-refractivity contribution in [3.63, 3.8) is 0 Å². The first-order valence-electron chi connectivity index (χ1n) is 13.5. The third-order valence-electron chi connectivity index (χ3n) is 7.59. The Hall–Kier alpha value is -4.40. The van der Waals surface area contributed by atoms with Crippen molar-refractivity contribution in [1.82, 2.24) is 24.6 Å². The number of thiophene rings is 1. The standard InChI is InChI=1S/C32H28N6OS/c1-21-13-15-24(16-14-21)38-31(39)29-28(33-32(38)37-19-17-36(2)18-20-37)26-25(22-9-5-3-6-10-22)27(34-35-30(26)40-29)23-11-7-4-8-12-23/h3-16H,17-20H2,1-2H3. The minimum absolute atomic E-state index is 0.0777. The molecule has 4 heterocycles. The predicted molar refractivity (Wildman–Crippen MR) is 164 cm³/mol. The van der Waals surface area contributed by atoms with Gasteiger partial charge in [0, 0.05) is 42.7 Å². The van der Waals surface area contributed by atoms with Gasteiger partial charge in [0.05, 0.1) is 5.69 Å². The molecule has 198 valence electrons. The van der Waals surface area contributed by atoms with Crippen molar-refractivity contribution in [1.29, 1.82) is 0 Å². The molecule has 0 amide bonds. The second-order valence-electron chi connectivity index (χ2n) is 10.3. The Morgan fingerprint density at radius 1 is 0.775 bits per heavy atom. The van der Waals surface area contributed by atoms with Gasteiger partial charge < -0.3 is 9.80 Å². The lowest BCUT2D eigenvalue weighted by atomic mass is 9.97. The smallest absolute Gasteiger partial charge is 0.277 e. The van der Waals surface area contributed by atoms with Gasteiger partial charge in [0.2, 0.25) is 5.95 Å². The van der Waals surface area contributed by atoms with Crippen LogP contribution in [0.15, 0.2) is 89.7 Å². The van der Waals surface area contributed by atoms with E-state index in [1.165, 1.54) is 11.3 Å². The molecule has 0 bridgehead atoms. The number of nitrogens with zero attached hydrogens (tertiary/aromatic N) is 6. The normalized spacial score (nSPS) is 14.3. The first-order chi connectivity index (χ1) is 19.6. The molecule has 1 aliphatic rings. The van der Waals surface area contributed by atoms with Gasteiger partial charge >= 0.3 is 0 Å². The van der Waals surface area contributed by atoms with Gasteiger partial charge in [-0.2, -0.15) is 0 Å². The molecule has 3 aromatic heterocycles. The summed E-state index contributed by atoms with van der Waals surface area (Å²) in [5.41, 5.74) is 6.30. The SMILES string of the molecule is Cc1ccc(-n2c(N3CCN(C)CC3)nc3c(sc4nnc(-c5ccccc5)c(-c5ccccc5)c43)c2=O)cc1. The number of fused-ring (bicyclic) bond motifs is 3. The van der Waals surface area contributed by atoms with Gasteiger partial charge in [-0.05, 0) is 31.7 Å². The highest BCUT2D eigenvalue weighted by molar-refractivity contribution is 7.25. The van der Waals surface area contributed by atoms with E-state index in [1.54, 1.807) is 4.57 Å². The van der Waals surface area contributed by atoms with Crippen molar-refractivity contribution < 1.29 is 0 Å². The van der Waals surface area contributed by atoms with Gasteiger partial charge in [0.1, 0.15) is 20.7 Å². The molecule has 7 rings (SSSR count). The van der Waals surface area contributed by atoms with Crippen LogP contribution in [-0.4, -0.2) is 57.9 Å². The van der Waals surface area contributed by atoms with Crippen LogP contribution >= 0.6 is 11.3 Å². The van der Waals surface area contributed by atoms with Crippen LogP contribution in [0.25, 0.3) is 48.5 Å². The monoisotopic (exact) mass is 544 g/mol. The van der Waals surface area contributed by atoms with Crippen LogP contribution < -0.4 is 10.5 Å². The summed E-state index contributed by atoms with van der Waals surface area (Å²) < 4.78 is 2.36. The molecule has 0 N–H and O–H groups in total. The zero-order valence-corrected chi connectivity index (χ0v) is 23.2. The van der Waals surface area contributed by atoms with E-state index in [2.05, 4.69) is 41.0 Å². The number of hydrogen-bond acceptors (Lipinski definition) is 7. The molecular formula is C32H28N6OS. The summed E-state index contributed by atoms with van der Waals surface area (Å²) >= 11 is 1.37. The summed E-state index contributed by atoms with van der Waals surface area (Å²) in [6.07, 6.45) is 0. The van der Waals surface area contributed by atoms with E-state index in [-0.39, 0.29) is 5.56 Å². The molecule has 7 nitrogen and oxygen atoms in total. The Morgan fingerprint density at radius 2 is 1.43 bits per heavy atom. The van der Waals surface area contributed by atoms with Crippen LogP contribution in [0.2, 0.25) is 0 Å². The number of hydrogen-bond donors (Lipinski definition) is 0. The van der Waals surface area contributed by atoms with Crippen molar-refractivity contribution in [2.45, 2.75) is 6.92 Å². The van der Waals surface area contributed by atoms with Crippen molar-refractivity contribution in [2.24, 2.45) is 0 Å². The lowest BCUT2D eigenvalue weighted by Crippen LogP contribution is -2.46. The summed E-state index contributed by atoms with van der Waals surface area (Å²) in [7, 11) is 2.13. The Morgan fingerprint density at radius 3 is 2.10 bits per heavy atom. The van der Waals surface area contributed by atoms with E-state index >= 15 is 0 Å². The maximum Gasteiger partial charge on any atom is 0.277 e. The first-order valence-corrected chi connectivity index (χ1v) is 14.3. The number of aryl methyl sites for hydroxylation is 1. The van der Waals surface area contributed by atoms with Crippen LogP contribution in [0, 0.1) is 6.92 Å². The fourth-order valence-corrected chi connectivity index (χ4v) is 6.39. The molecule has 3 aromatic carbocycles. The fourth-order valence-electron chi connectivity index (χ4n) is 5.39. The second-order valence-corrected chi connectivity index (χ2v) is 11.3. The van der Waals surface area contributed by atoms with Gasteiger partial charge in [-0.25, -0.2) is 9.55 Å². The average molecular weight is 545 g/mol. The number of likely N-dealkylation sites (N-methyl/N-ethyl adjacent to an activating group) is 1. The van der Waals surface area contributed by atoms with Crippen LogP contribution in [-0.2, 0) is 0 Å². The Balaban J connectivity index is 1.58. The molecule has 6 aromatic rings. The quantitative estimate of drug-likeness (QED) is 0.280. The summed E-state index contributed by atoms with van der Waals surface area (Å²) in [6, 6.07) is 28.4. The average Bonchev–Trinajstić information content (AvgIpc) is 3.38. The number of aromatic nitrogens is 4. The van der Waals surface area contributed by atoms with E-state index in [0.29, 0.717) is 21.0 Å². The molecule has 0 unspecified atom stereocenters. The Labute approximate surface area is 236 Å². The molecule has 0 saturated carbocycles. The minimum atomic E-state index is -0.0777. The highest BCUT2D eigenvalue weighted by atomic mass is 32.1. The maximum atomic E-state index is 14.4. The summed E-state index contributed by atoms with van der Waals surface area (Å²) in [5.74, 6) is 0.672. The van der Waals surface area contributed by atoms with Crippen molar-refractivity contribution in [3.8, 4) is 28.1 Å². The topological polar surface area (TPSA) is 67.2 Å². The van der Waals surface area contributed by atoms with Gasteiger partial charge in [0.15, 0.2) is 0 Å². The third kappa shape index (κ3) is 4.16. The number of rotatable bonds is 4. The minimum Gasteiger partial charge on any atom is -0.339 e. The summed E-state index contributed by atoms with van der Waals surface area (Å²) in [5, 5.41) is 10.2. The molecule has 0 aliphatic carbocycles. The van der Waals surface area contributed by atoms with Crippen LogP contribution in [0.3, 0.4) is 0 Å². The van der Waals surface area contributed by atoms with Crippen LogP contribution in [0.1, 0.15) is 5.56 Å². The van der Waals surface area contributed by atoms with Crippen molar-refractivity contribution >= 4 is 37.7 Å². The Kier molecular flexibility index (Phi) is 6.14. The second kappa shape index (κ2) is 9.97. The van der Waals surface area contributed by atoms with E-state index in [9.17, 15) is 4.79 Å². The van der Waals surface area contributed by atoms with Crippen molar-refractivity contribution in [2.75, 3.05) is 38.1 Å². The summed E-state index contributed by atoms with van der Waals surface area (Å²) in [6.45, 7) is 5.46. The maximum absolute atomic E-state index is 14.4. The van der Waals surface area contributed by atoms with Gasteiger partial charge in [-0.3, -0.25) is 4.79 Å². The van der Waals surface area contributed by atoms with Crippen LogP contribution in [0.4, 0.5) is 5.95 Å². The Bertz CT molecular complexity index is 1890.